The van der Waals surface area contributed by atoms with Crippen LogP contribution >= 0.6 is 0 Å². The van der Waals surface area contributed by atoms with E-state index in [1.807, 2.05) is 12.1 Å². The Hall–Kier alpha value is -2.59. The predicted molar refractivity (Wildman–Crippen MR) is 94.8 cm³/mol. The van der Waals surface area contributed by atoms with Crippen molar-refractivity contribution in [2.45, 2.75) is 19.5 Å². The minimum Gasteiger partial charge on any atom is -0.497 e. The molecule has 0 spiro atoms. The molecule has 24 heavy (non-hydrogen) atoms. The molecule has 0 amide bonds. The van der Waals surface area contributed by atoms with Crippen molar-refractivity contribution in [3.8, 4) is 17.0 Å². The molecule has 2 heterocycles. The van der Waals surface area contributed by atoms with E-state index in [2.05, 4.69) is 57.6 Å². The minimum absolute atomic E-state index is 0.869. The van der Waals surface area contributed by atoms with Gasteiger partial charge in [-0.25, -0.2) is 0 Å². The van der Waals surface area contributed by atoms with Gasteiger partial charge in [0, 0.05) is 42.9 Å². The smallest absolute Gasteiger partial charge is 0.118 e. The van der Waals surface area contributed by atoms with E-state index in [1.54, 1.807) is 7.11 Å². The maximum absolute atomic E-state index is 5.25. The Balaban J connectivity index is 1.57. The van der Waals surface area contributed by atoms with Crippen LogP contribution in [0.5, 0.6) is 5.75 Å². The van der Waals surface area contributed by atoms with Crippen molar-refractivity contribution < 1.29 is 4.74 Å². The van der Waals surface area contributed by atoms with Gasteiger partial charge in [0.15, 0.2) is 0 Å². The summed E-state index contributed by atoms with van der Waals surface area (Å²) >= 11 is 0. The number of fused-ring (bicyclic) bond motifs is 1. The molecule has 1 aliphatic heterocycles. The van der Waals surface area contributed by atoms with Crippen molar-refractivity contribution in [2.24, 2.45) is 0 Å². The van der Waals surface area contributed by atoms with Crippen LogP contribution in [0, 0.1) is 0 Å². The van der Waals surface area contributed by atoms with Gasteiger partial charge in [-0.3, -0.25) is 10.00 Å². The van der Waals surface area contributed by atoms with E-state index in [0.29, 0.717) is 0 Å². The van der Waals surface area contributed by atoms with Gasteiger partial charge in [-0.2, -0.15) is 5.10 Å². The van der Waals surface area contributed by atoms with Crippen molar-refractivity contribution in [1.29, 1.82) is 0 Å². The van der Waals surface area contributed by atoms with E-state index in [4.69, 9.17) is 4.74 Å². The van der Waals surface area contributed by atoms with Crippen LogP contribution in [0.2, 0.25) is 0 Å². The summed E-state index contributed by atoms with van der Waals surface area (Å²) in [6.07, 6.45) is 1.02. The highest BCUT2D eigenvalue weighted by molar-refractivity contribution is 5.65. The first-order valence-corrected chi connectivity index (χ1v) is 8.30. The molecule has 1 aromatic heterocycles. The zero-order valence-corrected chi connectivity index (χ0v) is 13.8. The highest BCUT2D eigenvalue weighted by atomic mass is 16.5. The molecule has 3 aromatic rings. The lowest BCUT2D eigenvalue weighted by molar-refractivity contribution is 0.245. The number of aromatic nitrogens is 2. The van der Waals surface area contributed by atoms with Crippen molar-refractivity contribution in [2.75, 3.05) is 13.7 Å². The largest absolute Gasteiger partial charge is 0.497 e. The highest BCUT2D eigenvalue weighted by Gasteiger charge is 2.22. The number of benzene rings is 2. The normalized spacial score (nSPS) is 14.4. The molecule has 1 N–H and O–H groups in total. The van der Waals surface area contributed by atoms with Gasteiger partial charge in [0.05, 0.1) is 12.8 Å². The second-order valence-corrected chi connectivity index (χ2v) is 6.20. The van der Waals surface area contributed by atoms with Crippen LogP contribution < -0.4 is 4.74 Å². The second kappa shape index (κ2) is 6.49. The molecule has 0 radical (unpaired) electrons. The molecular weight excluding hydrogens is 298 g/mol. The number of nitrogens with zero attached hydrogens (tertiary/aromatic N) is 2. The first-order chi connectivity index (χ1) is 11.8. The molecule has 0 saturated carbocycles. The summed E-state index contributed by atoms with van der Waals surface area (Å²) in [5.41, 5.74) is 6.14. The van der Waals surface area contributed by atoms with Crippen molar-refractivity contribution in [1.82, 2.24) is 15.1 Å². The Kier molecular flexibility index (Phi) is 4.05. The molecule has 122 valence electrons. The average Bonchev–Trinajstić information content (AvgIpc) is 3.06. The summed E-state index contributed by atoms with van der Waals surface area (Å²) in [5, 5.41) is 7.80. The Bertz CT molecular complexity index is 809. The molecule has 0 unspecified atom stereocenters. The molecular formula is C20H21N3O. The maximum Gasteiger partial charge on any atom is 0.118 e. The van der Waals surface area contributed by atoms with Crippen LogP contribution in [0.1, 0.15) is 16.8 Å². The standard InChI is InChI=1S/C20H21N3O/c1-24-17-9-7-16(8-10-17)20-18-14-23(12-11-19(18)21-22-20)13-15-5-3-2-4-6-15/h2-10H,11-14H2,1H3,(H,21,22). The van der Waals surface area contributed by atoms with Gasteiger partial charge >= 0.3 is 0 Å². The maximum atomic E-state index is 5.25. The third-order valence-electron chi connectivity index (χ3n) is 4.63. The lowest BCUT2D eigenvalue weighted by Crippen LogP contribution is -2.29. The van der Waals surface area contributed by atoms with Crippen molar-refractivity contribution >= 4 is 0 Å². The molecule has 4 heteroatoms. The van der Waals surface area contributed by atoms with Gasteiger partial charge in [-0.15, -0.1) is 0 Å². The zero-order valence-electron chi connectivity index (χ0n) is 13.8. The summed E-state index contributed by atoms with van der Waals surface area (Å²) < 4.78 is 5.25. The fourth-order valence-corrected chi connectivity index (χ4v) is 3.32. The number of methoxy groups -OCH3 is 1. The van der Waals surface area contributed by atoms with Crippen molar-refractivity contribution in [3.63, 3.8) is 0 Å². The molecule has 4 rings (SSSR count). The molecule has 0 bridgehead atoms. The topological polar surface area (TPSA) is 41.1 Å². The highest BCUT2D eigenvalue weighted by Crippen LogP contribution is 2.30. The Morgan fingerprint density at radius 1 is 1.08 bits per heavy atom. The zero-order chi connectivity index (χ0) is 16.4. The Morgan fingerprint density at radius 3 is 2.62 bits per heavy atom. The number of aromatic amines is 1. The fourth-order valence-electron chi connectivity index (χ4n) is 3.32. The van der Waals surface area contributed by atoms with Gasteiger partial charge in [0.1, 0.15) is 5.75 Å². The minimum atomic E-state index is 0.869. The third-order valence-corrected chi connectivity index (χ3v) is 4.63. The van der Waals surface area contributed by atoms with Crippen LogP contribution in [0.25, 0.3) is 11.3 Å². The van der Waals surface area contributed by atoms with Crippen LogP contribution in [0.4, 0.5) is 0 Å². The van der Waals surface area contributed by atoms with Gasteiger partial charge in [-0.1, -0.05) is 30.3 Å². The second-order valence-electron chi connectivity index (χ2n) is 6.20. The quantitative estimate of drug-likeness (QED) is 0.798. The van der Waals surface area contributed by atoms with E-state index in [-0.39, 0.29) is 0 Å². The number of hydrogen-bond donors (Lipinski definition) is 1. The van der Waals surface area contributed by atoms with E-state index in [0.717, 1.165) is 43.1 Å². The number of H-pyrrole nitrogens is 1. The van der Waals surface area contributed by atoms with E-state index in [1.165, 1.54) is 16.8 Å². The first kappa shape index (κ1) is 15.0. The lowest BCUT2D eigenvalue weighted by Gasteiger charge is -2.27. The van der Waals surface area contributed by atoms with Crippen LogP contribution in [-0.2, 0) is 19.5 Å². The van der Waals surface area contributed by atoms with Crippen LogP contribution in [0.3, 0.4) is 0 Å². The summed E-state index contributed by atoms with van der Waals surface area (Å²) in [5.74, 6) is 0.869. The molecule has 0 fully saturated rings. The van der Waals surface area contributed by atoms with E-state index < -0.39 is 0 Å². The molecule has 0 aliphatic carbocycles. The first-order valence-electron chi connectivity index (χ1n) is 8.30. The lowest BCUT2D eigenvalue weighted by atomic mass is 10.0. The van der Waals surface area contributed by atoms with Gasteiger partial charge in [-0.05, 0) is 29.8 Å². The fraction of sp³-hybridized carbons (Fsp3) is 0.250. The van der Waals surface area contributed by atoms with Gasteiger partial charge in [0.25, 0.3) is 0 Å². The third kappa shape index (κ3) is 2.93. The van der Waals surface area contributed by atoms with Gasteiger partial charge in [0.2, 0.25) is 0 Å². The van der Waals surface area contributed by atoms with Crippen molar-refractivity contribution in [3.05, 3.63) is 71.4 Å². The Labute approximate surface area is 142 Å². The predicted octanol–water partition coefficient (Wildman–Crippen LogP) is 3.64. The molecule has 2 aromatic carbocycles. The Morgan fingerprint density at radius 2 is 1.88 bits per heavy atom. The number of ether oxygens (including phenoxy) is 1. The SMILES string of the molecule is COc1ccc(-c2n[nH]c3c2CN(Cc2ccccc2)CC3)cc1. The van der Waals surface area contributed by atoms with Crippen LogP contribution in [-0.4, -0.2) is 28.8 Å². The summed E-state index contributed by atoms with van der Waals surface area (Å²) in [6, 6.07) is 18.8. The number of hydrogen-bond acceptors (Lipinski definition) is 3. The van der Waals surface area contributed by atoms with Gasteiger partial charge < -0.3 is 4.74 Å². The molecule has 0 saturated heterocycles. The average molecular weight is 319 g/mol. The number of rotatable bonds is 4. The monoisotopic (exact) mass is 319 g/mol. The number of nitrogens with one attached hydrogen (secondary N) is 1. The molecule has 0 atom stereocenters. The molecule has 1 aliphatic rings. The van der Waals surface area contributed by atoms with Crippen LogP contribution in [0.15, 0.2) is 54.6 Å². The molecule has 4 nitrogen and oxygen atoms in total. The van der Waals surface area contributed by atoms with E-state index >= 15 is 0 Å². The summed E-state index contributed by atoms with van der Waals surface area (Å²) in [6.45, 7) is 2.97. The summed E-state index contributed by atoms with van der Waals surface area (Å²) in [7, 11) is 1.69. The summed E-state index contributed by atoms with van der Waals surface area (Å²) in [4.78, 5) is 2.49. The van der Waals surface area contributed by atoms with E-state index in [9.17, 15) is 0 Å².